The van der Waals surface area contributed by atoms with E-state index in [1.807, 2.05) is 30.3 Å². The standard InChI is InChI=1S/C12H14O2.CH3NO/c1-2-8-7-11(13)12(14)10-6-4-3-5-9(8)10;2-1-3/h2-6,8,11-14H,1,7H2;1H,(H2,2,3). The molecule has 4 nitrogen and oxygen atoms in total. The maximum absolute atomic E-state index is 9.76. The zero-order valence-electron chi connectivity index (χ0n) is 9.49. The van der Waals surface area contributed by atoms with Crippen molar-refractivity contribution in [1.82, 2.24) is 0 Å². The zero-order valence-corrected chi connectivity index (χ0v) is 9.49. The van der Waals surface area contributed by atoms with E-state index in [2.05, 4.69) is 12.3 Å². The molecule has 2 rings (SSSR count). The predicted molar refractivity (Wildman–Crippen MR) is 65.2 cm³/mol. The van der Waals surface area contributed by atoms with Gasteiger partial charge in [0, 0.05) is 5.92 Å². The molecule has 0 fully saturated rings. The van der Waals surface area contributed by atoms with Crippen LogP contribution >= 0.6 is 0 Å². The number of aliphatic hydroxyl groups is 2. The van der Waals surface area contributed by atoms with Crippen molar-refractivity contribution < 1.29 is 15.0 Å². The third kappa shape index (κ3) is 2.93. The van der Waals surface area contributed by atoms with Crippen molar-refractivity contribution in [2.75, 3.05) is 0 Å². The number of benzene rings is 1. The zero-order chi connectivity index (χ0) is 12.8. The molecule has 1 aromatic rings. The van der Waals surface area contributed by atoms with Gasteiger partial charge in [-0.15, -0.1) is 6.58 Å². The van der Waals surface area contributed by atoms with E-state index < -0.39 is 12.2 Å². The van der Waals surface area contributed by atoms with Crippen molar-refractivity contribution in [2.24, 2.45) is 5.73 Å². The average Bonchev–Trinajstić information content (AvgIpc) is 2.35. The Balaban J connectivity index is 0.000000437. The lowest BCUT2D eigenvalue weighted by molar-refractivity contribution is -0.106. The summed E-state index contributed by atoms with van der Waals surface area (Å²) in [5, 5.41) is 19.4. The lowest BCUT2D eigenvalue weighted by atomic mass is 9.80. The fraction of sp³-hybridized carbons (Fsp3) is 0.308. The Hall–Kier alpha value is -1.65. The Labute approximate surface area is 100 Å². The second-order valence-electron chi connectivity index (χ2n) is 3.86. The van der Waals surface area contributed by atoms with Crippen LogP contribution in [0.15, 0.2) is 36.9 Å². The molecule has 0 spiro atoms. The molecule has 4 N–H and O–H groups in total. The van der Waals surface area contributed by atoms with E-state index >= 15 is 0 Å². The lowest BCUT2D eigenvalue weighted by Crippen LogP contribution is -2.27. The minimum Gasteiger partial charge on any atom is -0.390 e. The van der Waals surface area contributed by atoms with Crippen LogP contribution in [-0.2, 0) is 4.79 Å². The van der Waals surface area contributed by atoms with Crippen LogP contribution in [0.1, 0.15) is 29.6 Å². The molecular formula is C13H17NO3. The summed E-state index contributed by atoms with van der Waals surface area (Å²) < 4.78 is 0. The van der Waals surface area contributed by atoms with Crippen LogP contribution in [0.2, 0.25) is 0 Å². The highest BCUT2D eigenvalue weighted by molar-refractivity contribution is 5.42. The number of nitrogens with two attached hydrogens (primary N) is 1. The van der Waals surface area contributed by atoms with Crippen LogP contribution in [0, 0.1) is 0 Å². The Kier molecular flexibility index (Phi) is 4.87. The summed E-state index contributed by atoms with van der Waals surface area (Å²) in [5.74, 6) is 0.157. The van der Waals surface area contributed by atoms with Crippen molar-refractivity contribution in [3.8, 4) is 0 Å². The maximum atomic E-state index is 9.76. The second kappa shape index (κ2) is 6.18. The van der Waals surface area contributed by atoms with Gasteiger partial charge in [0.25, 0.3) is 0 Å². The first kappa shape index (κ1) is 13.4. The number of carbonyl (C=O) groups is 1. The van der Waals surface area contributed by atoms with E-state index in [1.165, 1.54) is 0 Å². The Morgan fingerprint density at radius 1 is 1.29 bits per heavy atom. The van der Waals surface area contributed by atoms with Crippen LogP contribution < -0.4 is 5.73 Å². The molecule has 0 heterocycles. The van der Waals surface area contributed by atoms with Gasteiger partial charge in [-0.05, 0) is 17.5 Å². The predicted octanol–water partition coefficient (Wildman–Crippen LogP) is 0.856. The van der Waals surface area contributed by atoms with Crippen LogP contribution in [-0.4, -0.2) is 22.7 Å². The Bertz CT molecular complexity index is 392. The third-order valence-corrected chi connectivity index (χ3v) is 2.86. The SMILES string of the molecule is C=CC1CC(O)C(O)c2ccccc21.NC=O. The van der Waals surface area contributed by atoms with Gasteiger partial charge in [0.1, 0.15) is 6.10 Å². The third-order valence-electron chi connectivity index (χ3n) is 2.86. The first-order valence-corrected chi connectivity index (χ1v) is 5.38. The van der Waals surface area contributed by atoms with Crippen LogP contribution in [0.4, 0.5) is 0 Å². The topological polar surface area (TPSA) is 83.6 Å². The number of hydrogen-bond acceptors (Lipinski definition) is 3. The van der Waals surface area contributed by atoms with Gasteiger partial charge >= 0.3 is 0 Å². The van der Waals surface area contributed by atoms with Gasteiger partial charge in [-0.1, -0.05) is 30.3 Å². The van der Waals surface area contributed by atoms with Crippen LogP contribution in [0.25, 0.3) is 0 Å². The molecule has 1 amide bonds. The summed E-state index contributed by atoms with van der Waals surface area (Å²) in [6.45, 7) is 3.75. The maximum Gasteiger partial charge on any atom is 0.204 e. The van der Waals surface area contributed by atoms with Crippen molar-refractivity contribution in [1.29, 1.82) is 0 Å². The highest BCUT2D eigenvalue weighted by atomic mass is 16.3. The molecule has 3 unspecified atom stereocenters. The summed E-state index contributed by atoms with van der Waals surface area (Å²) in [7, 11) is 0. The smallest absolute Gasteiger partial charge is 0.204 e. The first-order chi connectivity index (χ1) is 8.15. The van der Waals surface area contributed by atoms with E-state index in [9.17, 15) is 10.2 Å². The van der Waals surface area contributed by atoms with Crippen molar-refractivity contribution in [2.45, 2.75) is 24.5 Å². The molecule has 0 aromatic heterocycles. The molecule has 1 aliphatic carbocycles. The van der Waals surface area contributed by atoms with Gasteiger partial charge in [-0.25, -0.2) is 0 Å². The number of allylic oxidation sites excluding steroid dienone is 1. The van der Waals surface area contributed by atoms with Gasteiger partial charge in [0.05, 0.1) is 6.10 Å². The molecule has 17 heavy (non-hydrogen) atoms. The van der Waals surface area contributed by atoms with Crippen molar-refractivity contribution in [3.63, 3.8) is 0 Å². The lowest BCUT2D eigenvalue weighted by Gasteiger charge is -2.31. The average molecular weight is 235 g/mol. The summed E-state index contributed by atoms with van der Waals surface area (Å²) >= 11 is 0. The second-order valence-corrected chi connectivity index (χ2v) is 3.86. The van der Waals surface area contributed by atoms with E-state index in [0.29, 0.717) is 6.42 Å². The number of primary amides is 1. The molecule has 0 bridgehead atoms. The molecule has 92 valence electrons. The molecule has 0 saturated carbocycles. The highest BCUT2D eigenvalue weighted by Gasteiger charge is 2.30. The van der Waals surface area contributed by atoms with Crippen LogP contribution in [0.5, 0.6) is 0 Å². The molecule has 0 aliphatic heterocycles. The van der Waals surface area contributed by atoms with E-state index in [1.54, 1.807) is 0 Å². The summed E-state index contributed by atoms with van der Waals surface area (Å²) in [6, 6.07) is 7.66. The van der Waals surface area contributed by atoms with Crippen LogP contribution in [0.3, 0.4) is 0 Å². The first-order valence-electron chi connectivity index (χ1n) is 5.38. The largest absolute Gasteiger partial charge is 0.390 e. The van der Waals surface area contributed by atoms with E-state index in [-0.39, 0.29) is 12.3 Å². The normalized spacial score (nSPS) is 26.1. The summed E-state index contributed by atoms with van der Waals surface area (Å²) in [4.78, 5) is 8.58. The van der Waals surface area contributed by atoms with Crippen molar-refractivity contribution >= 4 is 6.41 Å². The fourth-order valence-electron chi connectivity index (χ4n) is 2.06. The van der Waals surface area contributed by atoms with Gasteiger partial charge < -0.3 is 15.9 Å². The van der Waals surface area contributed by atoms with E-state index in [0.717, 1.165) is 11.1 Å². The van der Waals surface area contributed by atoms with Gasteiger partial charge in [0.15, 0.2) is 0 Å². The molecule has 4 heteroatoms. The number of amides is 1. The number of aliphatic hydroxyl groups excluding tert-OH is 2. The van der Waals surface area contributed by atoms with Gasteiger partial charge in [0.2, 0.25) is 6.41 Å². The monoisotopic (exact) mass is 235 g/mol. The molecule has 0 saturated heterocycles. The van der Waals surface area contributed by atoms with Gasteiger partial charge in [-0.2, -0.15) is 0 Å². The fourth-order valence-corrected chi connectivity index (χ4v) is 2.06. The van der Waals surface area contributed by atoms with Gasteiger partial charge in [-0.3, -0.25) is 4.79 Å². The molecule has 1 aromatic carbocycles. The molecule has 1 aliphatic rings. The molecule has 3 atom stereocenters. The summed E-state index contributed by atoms with van der Waals surface area (Å²) in [5.41, 5.74) is 6.08. The number of fused-ring (bicyclic) bond motifs is 1. The number of hydrogen-bond donors (Lipinski definition) is 3. The quantitative estimate of drug-likeness (QED) is 0.498. The summed E-state index contributed by atoms with van der Waals surface area (Å²) in [6.07, 6.45) is 1.21. The minimum absolute atomic E-state index is 0.157. The molecule has 0 radical (unpaired) electrons. The number of carbonyl (C=O) groups excluding carboxylic acids is 1. The Morgan fingerprint density at radius 2 is 1.82 bits per heavy atom. The highest BCUT2D eigenvalue weighted by Crippen LogP contribution is 2.37. The molecular weight excluding hydrogens is 218 g/mol. The van der Waals surface area contributed by atoms with Crippen molar-refractivity contribution in [3.05, 3.63) is 48.0 Å². The Morgan fingerprint density at radius 3 is 2.35 bits per heavy atom. The minimum atomic E-state index is -0.748. The number of rotatable bonds is 1. The van der Waals surface area contributed by atoms with E-state index in [4.69, 9.17) is 4.79 Å².